The van der Waals surface area contributed by atoms with Gasteiger partial charge in [-0.1, -0.05) is 24.3 Å². The highest BCUT2D eigenvalue weighted by Crippen LogP contribution is 2.27. The van der Waals surface area contributed by atoms with Crippen LogP contribution in [-0.2, 0) is 17.8 Å². The van der Waals surface area contributed by atoms with Crippen LogP contribution in [0.4, 0.5) is 20.6 Å². The summed E-state index contributed by atoms with van der Waals surface area (Å²) >= 11 is 0. The van der Waals surface area contributed by atoms with Gasteiger partial charge in [0.2, 0.25) is 0 Å². The molecule has 1 heterocycles. The Morgan fingerprint density at radius 2 is 1.81 bits per heavy atom. The van der Waals surface area contributed by atoms with Gasteiger partial charge in [0.1, 0.15) is 11.9 Å². The molecule has 0 aliphatic carbocycles. The lowest BCUT2D eigenvalue weighted by atomic mass is 9.96. The van der Waals surface area contributed by atoms with E-state index >= 15 is 0 Å². The van der Waals surface area contributed by atoms with E-state index in [1.807, 2.05) is 17.0 Å². The second-order valence-corrected chi connectivity index (χ2v) is 6.24. The van der Waals surface area contributed by atoms with Crippen LogP contribution in [-0.4, -0.2) is 34.6 Å². The van der Waals surface area contributed by atoms with Crippen molar-refractivity contribution in [2.24, 2.45) is 0 Å². The van der Waals surface area contributed by atoms with E-state index in [9.17, 15) is 19.1 Å². The van der Waals surface area contributed by atoms with Crippen molar-refractivity contribution < 1.29 is 19.1 Å². The summed E-state index contributed by atoms with van der Waals surface area (Å²) < 4.78 is 13.6. The van der Waals surface area contributed by atoms with Crippen LogP contribution < -0.4 is 10.6 Å². The maximum Gasteiger partial charge on any atom is 0.323 e. The number of amides is 2. The number of aliphatic carboxylic acids is 1. The Morgan fingerprint density at radius 1 is 1.12 bits per heavy atom. The average molecular weight is 357 g/mol. The minimum Gasteiger partial charge on any atom is -0.480 e. The molecule has 3 N–H and O–H groups in total. The first kappa shape index (κ1) is 17.9. The highest BCUT2D eigenvalue weighted by molar-refractivity contribution is 6.00. The molecule has 1 unspecified atom stereocenters. The lowest BCUT2D eigenvalue weighted by Crippen LogP contribution is -2.42. The Kier molecular flexibility index (Phi) is 5.18. The van der Waals surface area contributed by atoms with Gasteiger partial charge in [0.15, 0.2) is 0 Å². The number of para-hydroxylation sites is 1. The number of carbonyl (C=O) groups is 2. The van der Waals surface area contributed by atoms with Gasteiger partial charge < -0.3 is 15.7 Å². The van der Waals surface area contributed by atoms with Crippen LogP contribution in [0.15, 0.2) is 42.5 Å². The maximum absolute atomic E-state index is 13.6. The Morgan fingerprint density at radius 3 is 2.54 bits per heavy atom. The maximum atomic E-state index is 13.6. The largest absolute Gasteiger partial charge is 0.480 e. The first-order valence-electron chi connectivity index (χ1n) is 8.36. The number of hydrogen-bond donors (Lipinski definition) is 3. The summed E-state index contributed by atoms with van der Waals surface area (Å²) in [7, 11) is 0. The number of carboxylic acids is 1. The summed E-state index contributed by atoms with van der Waals surface area (Å²) in [6, 6.07) is 10.4. The van der Waals surface area contributed by atoms with E-state index in [1.54, 1.807) is 25.1 Å². The van der Waals surface area contributed by atoms with Gasteiger partial charge in [-0.25, -0.2) is 9.18 Å². The van der Waals surface area contributed by atoms with E-state index in [4.69, 9.17) is 0 Å². The standard InChI is InChI=1S/C19H20FN3O3/c1-12(18(24)25)23-10-9-14-13(11-23)5-4-8-16(14)21-19(26)22-17-7-3-2-6-15(17)20/h2-8,12H,9-11H2,1H3,(H,24,25)(H2,21,22,26). The summed E-state index contributed by atoms with van der Waals surface area (Å²) in [5.74, 6) is -1.36. The van der Waals surface area contributed by atoms with Gasteiger partial charge in [-0.05, 0) is 42.7 Å². The number of hydrogen-bond acceptors (Lipinski definition) is 3. The summed E-state index contributed by atoms with van der Waals surface area (Å²) in [4.78, 5) is 25.3. The second-order valence-electron chi connectivity index (χ2n) is 6.24. The van der Waals surface area contributed by atoms with Crippen LogP contribution >= 0.6 is 0 Å². The molecule has 1 aliphatic heterocycles. The van der Waals surface area contributed by atoms with E-state index < -0.39 is 23.9 Å². The number of fused-ring (bicyclic) bond motifs is 1. The molecule has 0 fully saturated rings. The van der Waals surface area contributed by atoms with Crippen molar-refractivity contribution in [1.82, 2.24) is 4.90 Å². The van der Waals surface area contributed by atoms with Crippen molar-refractivity contribution in [3.63, 3.8) is 0 Å². The van der Waals surface area contributed by atoms with E-state index in [-0.39, 0.29) is 5.69 Å². The summed E-state index contributed by atoms with van der Waals surface area (Å²) in [5.41, 5.74) is 2.72. The van der Waals surface area contributed by atoms with Crippen molar-refractivity contribution >= 4 is 23.4 Å². The molecule has 2 aromatic carbocycles. The molecule has 0 spiro atoms. The third kappa shape index (κ3) is 3.83. The number of anilines is 2. The van der Waals surface area contributed by atoms with Crippen LogP contribution in [0.2, 0.25) is 0 Å². The predicted molar refractivity (Wildman–Crippen MR) is 96.7 cm³/mol. The number of rotatable bonds is 4. The predicted octanol–water partition coefficient (Wildman–Crippen LogP) is 3.30. The quantitative estimate of drug-likeness (QED) is 0.784. The van der Waals surface area contributed by atoms with Crippen molar-refractivity contribution in [3.05, 3.63) is 59.4 Å². The zero-order chi connectivity index (χ0) is 18.7. The molecule has 1 aliphatic rings. The highest BCUT2D eigenvalue weighted by atomic mass is 19.1. The Bertz CT molecular complexity index is 841. The molecule has 0 bridgehead atoms. The van der Waals surface area contributed by atoms with Gasteiger partial charge in [-0.2, -0.15) is 0 Å². The fourth-order valence-electron chi connectivity index (χ4n) is 3.07. The van der Waals surface area contributed by atoms with Crippen molar-refractivity contribution in [2.75, 3.05) is 17.2 Å². The zero-order valence-corrected chi connectivity index (χ0v) is 14.3. The van der Waals surface area contributed by atoms with Gasteiger partial charge in [-0.15, -0.1) is 0 Å². The third-order valence-corrected chi connectivity index (χ3v) is 4.57. The zero-order valence-electron chi connectivity index (χ0n) is 14.3. The first-order valence-corrected chi connectivity index (χ1v) is 8.36. The Balaban J connectivity index is 1.73. The fourth-order valence-corrected chi connectivity index (χ4v) is 3.07. The molecular weight excluding hydrogens is 337 g/mol. The molecule has 0 saturated heterocycles. The Labute approximate surface area is 150 Å². The van der Waals surface area contributed by atoms with Gasteiger partial charge in [0, 0.05) is 18.8 Å². The summed E-state index contributed by atoms with van der Waals surface area (Å²) in [6.07, 6.45) is 0.628. The smallest absolute Gasteiger partial charge is 0.323 e. The molecule has 0 aromatic heterocycles. The molecule has 2 aromatic rings. The first-order chi connectivity index (χ1) is 12.5. The highest BCUT2D eigenvalue weighted by Gasteiger charge is 2.26. The summed E-state index contributed by atoms with van der Waals surface area (Å²) in [6.45, 7) is 2.76. The molecule has 0 radical (unpaired) electrons. The van der Waals surface area contributed by atoms with Crippen LogP contribution in [0.25, 0.3) is 0 Å². The number of nitrogens with one attached hydrogen (secondary N) is 2. The van der Waals surface area contributed by atoms with Gasteiger partial charge >= 0.3 is 12.0 Å². The SMILES string of the molecule is CC(C(=O)O)N1CCc2c(cccc2NC(=O)Nc2ccccc2F)C1. The van der Waals surface area contributed by atoms with Crippen LogP contribution in [0.3, 0.4) is 0 Å². The van der Waals surface area contributed by atoms with Crippen LogP contribution in [0, 0.1) is 5.82 Å². The number of halogens is 1. The second kappa shape index (κ2) is 7.53. The summed E-state index contributed by atoms with van der Waals surface area (Å²) in [5, 5.41) is 14.4. The molecule has 6 nitrogen and oxygen atoms in total. The van der Waals surface area contributed by atoms with E-state index in [0.29, 0.717) is 25.2 Å². The van der Waals surface area contributed by atoms with Crippen molar-refractivity contribution in [3.8, 4) is 0 Å². The molecule has 26 heavy (non-hydrogen) atoms. The van der Waals surface area contributed by atoms with Crippen molar-refractivity contribution in [1.29, 1.82) is 0 Å². The third-order valence-electron chi connectivity index (χ3n) is 4.57. The molecule has 2 amide bonds. The number of carboxylic acid groups (broad SMARTS) is 1. The van der Waals surface area contributed by atoms with Crippen LogP contribution in [0.5, 0.6) is 0 Å². The number of carbonyl (C=O) groups excluding carboxylic acids is 1. The Hall–Kier alpha value is -2.93. The normalized spacial score (nSPS) is 15.0. The molecule has 1 atom stereocenters. The van der Waals surface area contributed by atoms with Gasteiger partial charge in [0.25, 0.3) is 0 Å². The van der Waals surface area contributed by atoms with E-state index in [2.05, 4.69) is 10.6 Å². The lowest BCUT2D eigenvalue weighted by molar-refractivity contribution is -0.143. The topological polar surface area (TPSA) is 81.7 Å². The lowest BCUT2D eigenvalue weighted by Gasteiger charge is -2.32. The number of urea groups is 1. The van der Waals surface area contributed by atoms with Gasteiger partial charge in [-0.3, -0.25) is 9.69 Å². The molecule has 136 valence electrons. The minimum atomic E-state index is -0.855. The number of benzene rings is 2. The molecule has 0 saturated carbocycles. The van der Waals surface area contributed by atoms with E-state index in [0.717, 1.165) is 11.1 Å². The minimum absolute atomic E-state index is 0.108. The molecular formula is C19H20FN3O3. The fraction of sp³-hybridized carbons (Fsp3) is 0.263. The number of nitrogens with zero attached hydrogens (tertiary/aromatic N) is 1. The molecule has 3 rings (SSSR count). The average Bonchev–Trinajstić information content (AvgIpc) is 2.62. The van der Waals surface area contributed by atoms with Crippen LogP contribution in [0.1, 0.15) is 18.1 Å². The molecule has 7 heteroatoms. The van der Waals surface area contributed by atoms with Gasteiger partial charge in [0.05, 0.1) is 5.69 Å². The van der Waals surface area contributed by atoms with Crippen molar-refractivity contribution in [2.45, 2.75) is 25.9 Å². The van der Waals surface area contributed by atoms with E-state index in [1.165, 1.54) is 12.1 Å². The monoisotopic (exact) mass is 357 g/mol.